The van der Waals surface area contributed by atoms with E-state index in [1.807, 2.05) is 0 Å². The van der Waals surface area contributed by atoms with Crippen LogP contribution in [0.2, 0.25) is 0 Å². The third kappa shape index (κ3) is 1.25. The fourth-order valence-electron chi connectivity index (χ4n) is 3.83. The predicted molar refractivity (Wildman–Crippen MR) is 49.1 cm³/mol. The molecule has 0 amide bonds. The average Bonchev–Trinajstić information content (AvgIpc) is 2.51. The molecule has 2 aliphatic carbocycles. The van der Waals surface area contributed by atoms with Crippen LogP contribution in [-0.2, 0) is 4.74 Å². The van der Waals surface area contributed by atoms with Gasteiger partial charge in [-0.2, -0.15) is 26.3 Å². The van der Waals surface area contributed by atoms with E-state index in [1.54, 1.807) is 0 Å². The lowest BCUT2D eigenvalue weighted by Crippen LogP contribution is -2.76. The Balaban J connectivity index is 2.01. The third-order valence-corrected chi connectivity index (χ3v) is 4.98. The van der Waals surface area contributed by atoms with Crippen molar-refractivity contribution in [3.63, 3.8) is 0 Å². The summed E-state index contributed by atoms with van der Waals surface area (Å²) in [4.78, 5) is 0. The Morgan fingerprint density at radius 2 is 1.56 bits per heavy atom. The summed E-state index contributed by atoms with van der Waals surface area (Å²) in [5.74, 6) is -2.59. The second-order valence-electron chi connectivity index (χ2n) is 5.25. The van der Waals surface area contributed by atoms with Gasteiger partial charge in [0.2, 0.25) is 0 Å². The molecule has 0 aromatic rings. The van der Waals surface area contributed by atoms with Gasteiger partial charge in [0.25, 0.3) is 5.60 Å². The van der Waals surface area contributed by atoms with E-state index in [2.05, 4.69) is 4.74 Å². The fourth-order valence-corrected chi connectivity index (χ4v) is 4.32. The van der Waals surface area contributed by atoms with Crippen LogP contribution in [0.4, 0.5) is 26.3 Å². The standard InChI is InChI=1S/C10H9ClF6O/c11-5-2-3-1-4(5)6-7(3)18-8(6,9(12,13)14)10(15,16)17/h3-7H,1-2H2/t3-,4+,5?,6?,7?/m0/s1. The Morgan fingerprint density at radius 3 is 2.06 bits per heavy atom. The molecule has 3 fully saturated rings. The van der Waals surface area contributed by atoms with E-state index >= 15 is 0 Å². The second kappa shape index (κ2) is 3.29. The molecule has 3 rings (SSSR count). The summed E-state index contributed by atoms with van der Waals surface area (Å²) in [5, 5.41) is -0.607. The zero-order chi connectivity index (χ0) is 13.5. The zero-order valence-corrected chi connectivity index (χ0v) is 9.61. The molecule has 3 aliphatic rings. The SMILES string of the molecule is FC(F)(F)C1(C(F)(F)F)OC2C1[C@@H]1C[C@H]2CC1Cl. The van der Waals surface area contributed by atoms with Gasteiger partial charge in [0.1, 0.15) is 0 Å². The monoisotopic (exact) mass is 294 g/mol. The Hall–Kier alpha value is -0.170. The summed E-state index contributed by atoms with van der Waals surface area (Å²) in [6.45, 7) is 0. The number of alkyl halides is 7. The van der Waals surface area contributed by atoms with Gasteiger partial charge < -0.3 is 4.74 Å². The molecule has 2 bridgehead atoms. The van der Waals surface area contributed by atoms with Crippen molar-refractivity contribution < 1.29 is 31.1 Å². The molecule has 1 nitrogen and oxygen atoms in total. The summed E-state index contributed by atoms with van der Waals surface area (Å²) >= 11 is 5.84. The highest BCUT2D eigenvalue weighted by Crippen LogP contribution is 2.69. The van der Waals surface area contributed by atoms with E-state index in [0.29, 0.717) is 12.8 Å². The summed E-state index contributed by atoms with van der Waals surface area (Å²) < 4.78 is 81.5. The highest BCUT2D eigenvalue weighted by molar-refractivity contribution is 6.21. The van der Waals surface area contributed by atoms with Gasteiger partial charge in [0.05, 0.1) is 6.10 Å². The third-order valence-electron chi connectivity index (χ3n) is 4.48. The lowest BCUT2D eigenvalue weighted by Gasteiger charge is -2.57. The smallest absolute Gasteiger partial charge is 0.354 e. The molecule has 1 heterocycles. The number of halogens is 7. The van der Waals surface area contributed by atoms with E-state index in [4.69, 9.17) is 11.6 Å². The molecule has 0 aromatic heterocycles. The molecule has 0 N–H and O–H groups in total. The van der Waals surface area contributed by atoms with Crippen molar-refractivity contribution in [3.8, 4) is 0 Å². The van der Waals surface area contributed by atoms with E-state index in [-0.39, 0.29) is 5.92 Å². The van der Waals surface area contributed by atoms with Gasteiger partial charge in [-0.1, -0.05) is 0 Å². The fraction of sp³-hybridized carbons (Fsp3) is 1.00. The van der Waals surface area contributed by atoms with Crippen molar-refractivity contribution in [2.75, 3.05) is 0 Å². The molecule has 104 valence electrons. The average molecular weight is 295 g/mol. The molecule has 0 radical (unpaired) electrons. The van der Waals surface area contributed by atoms with Crippen LogP contribution in [0, 0.1) is 17.8 Å². The van der Waals surface area contributed by atoms with Gasteiger partial charge in [0, 0.05) is 11.3 Å². The normalized spacial score (nSPS) is 45.8. The van der Waals surface area contributed by atoms with E-state index in [0.717, 1.165) is 0 Å². The number of hydrogen-bond acceptors (Lipinski definition) is 1. The molecule has 1 saturated heterocycles. The van der Waals surface area contributed by atoms with Crippen LogP contribution in [0.3, 0.4) is 0 Å². The maximum absolute atomic E-state index is 12.9. The maximum atomic E-state index is 12.9. The lowest BCUT2D eigenvalue weighted by molar-refractivity contribution is -0.470. The first-order valence-corrected chi connectivity index (χ1v) is 5.98. The molecule has 1 aliphatic heterocycles. The van der Waals surface area contributed by atoms with E-state index in [9.17, 15) is 26.3 Å². The topological polar surface area (TPSA) is 9.23 Å². The number of fused-ring (bicyclic) bond motifs is 5. The van der Waals surface area contributed by atoms with Crippen LogP contribution in [0.15, 0.2) is 0 Å². The van der Waals surface area contributed by atoms with Crippen LogP contribution in [0.1, 0.15) is 12.8 Å². The summed E-state index contributed by atoms with van der Waals surface area (Å²) in [7, 11) is 0. The Kier molecular flexibility index (Phi) is 2.34. The van der Waals surface area contributed by atoms with Gasteiger partial charge in [-0.15, -0.1) is 11.6 Å². The van der Waals surface area contributed by atoms with Crippen molar-refractivity contribution >= 4 is 11.6 Å². The van der Waals surface area contributed by atoms with Crippen LogP contribution in [0.25, 0.3) is 0 Å². The van der Waals surface area contributed by atoms with Crippen molar-refractivity contribution in [1.82, 2.24) is 0 Å². The number of rotatable bonds is 0. The highest BCUT2D eigenvalue weighted by atomic mass is 35.5. The van der Waals surface area contributed by atoms with Gasteiger partial charge >= 0.3 is 12.4 Å². The second-order valence-corrected chi connectivity index (χ2v) is 5.81. The predicted octanol–water partition coefficient (Wildman–Crippen LogP) is 3.51. The van der Waals surface area contributed by atoms with Crippen LogP contribution in [0.5, 0.6) is 0 Å². The first-order valence-electron chi connectivity index (χ1n) is 5.55. The molecule has 8 heteroatoms. The van der Waals surface area contributed by atoms with Gasteiger partial charge in [0.15, 0.2) is 0 Å². The van der Waals surface area contributed by atoms with E-state index < -0.39 is 41.3 Å². The number of hydrogen-bond donors (Lipinski definition) is 0. The summed E-state index contributed by atoms with van der Waals surface area (Å²) in [6, 6.07) is 0. The molecule has 0 spiro atoms. The summed E-state index contributed by atoms with van der Waals surface area (Å²) in [6.07, 6.45) is -11.1. The molecule has 3 unspecified atom stereocenters. The lowest BCUT2D eigenvalue weighted by atomic mass is 9.68. The molecule has 2 saturated carbocycles. The highest BCUT2D eigenvalue weighted by Gasteiger charge is 2.86. The van der Waals surface area contributed by atoms with Crippen molar-refractivity contribution in [3.05, 3.63) is 0 Å². The van der Waals surface area contributed by atoms with E-state index in [1.165, 1.54) is 0 Å². The molecular weight excluding hydrogens is 286 g/mol. The first kappa shape index (κ1) is 12.8. The Labute approximate surface area is 103 Å². The summed E-state index contributed by atoms with van der Waals surface area (Å²) in [5.41, 5.74) is -4.00. The minimum absolute atomic E-state index is 0.264. The van der Waals surface area contributed by atoms with Crippen molar-refractivity contribution in [1.29, 1.82) is 0 Å². The number of ether oxygens (including phenoxy) is 1. The van der Waals surface area contributed by atoms with Gasteiger partial charge in [-0.05, 0) is 24.7 Å². The first-order chi connectivity index (χ1) is 8.09. The quantitative estimate of drug-likeness (QED) is 0.491. The molecule has 5 atom stereocenters. The minimum atomic E-state index is -5.45. The van der Waals surface area contributed by atoms with Crippen molar-refractivity contribution in [2.45, 2.75) is 42.3 Å². The van der Waals surface area contributed by atoms with Crippen LogP contribution >= 0.6 is 11.6 Å². The van der Waals surface area contributed by atoms with Crippen LogP contribution in [-0.4, -0.2) is 29.4 Å². The van der Waals surface area contributed by atoms with Gasteiger partial charge in [-0.25, -0.2) is 0 Å². The minimum Gasteiger partial charge on any atom is -0.354 e. The maximum Gasteiger partial charge on any atom is 0.426 e. The molecular formula is C10H9ClF6O. The zero-order valence-electron chi connectivity index (χ0n) is 8.85. The molecule has 18 heavy (non-hydrogen) atoms. The van der Waals surface area contributed by atoms with Gasteiger partial charge in [-0.3, -0.25) is 0 Å². The Morgan fingerprint density at radius 1 is 1.00 bits per heavy atom. The largest absolute Gasteiger partial charge is 0.426 e. The van der Waals surface area contributed by atoms with Crippen LogP contribution < -0.4 is 0 Å². The Bertz CT molecular complexity index is 364. The molecule has 0 aromatic carbocycles. The van der Waals surface area contributed by atoms with Crippen molar-refractivity contribution in [2.24, 2.45) is 17.8 Å².